The zero-order valence-electron chi connectivity index (χ0n) is 19.7. The number of benzene rings is 2. The van der Waals surface area contributed by atoms with Crippen molar-refractivity contribution in [2.75, 3.05) is 0 Å². The molecule has 0 spiro atoms. The number of hydrogen-bond donors (Lipinski definition) is 1. The van der Waals surface area contributed by atoms with Crippen molar-refractivity contribution in [3.63, 3.8) is 0 Å². The Hall–Kier alpha value is -3.90. The third-order valence-electron chi connectivity index (χ3n) is 5.86. The first-order valence-electron chi connectivity index (χ1n) is 11.4. The monoisotopic (exact) mass is 486 g/mol. The SMILES string of the molecule is Cc1nn(Cc2ccccc2Cl)c(C)c1C=CC(=O)NCc1ccc(Cn2ccccc2=O)cc1. The van der Waals surface area contributed by atoms with Crippen LogP contribution in [0.15, 0.2) is 83.8 Å². The summed E-state index contributed by atoms with van der Waals surface area (Å²) in [6, 6.07) is 20.7. The van der Waals surface area contributed by atoms with E-state index in [1.54, 1.807) is 29.0 Å². The molecule has 0 saturated carbocycles. The van der Waals surface area contributed by atoms with Gasteiger partial charge in [0.1, 0.15) is 0 Å². The quantitative estimate of drug-likeness (QED) is 0.366. The smallest absolute Gasteiger partial charge is 0.250 e. The Morgan fingerprint density at radius 1 is 0.971 bits per heavy atom. The summed E-state index contributed by atoms with van der Waals surface area (Å²) < 4.78 is 3.56. The molecule has 178 valence electrons. The van der Waals surface area contributed by atoms with Crippen LogP contribution in [0.3, 0.4) is 0 Å². The summed E-state index contributed by atoms with van der Waals surface area (Å²) in [6.07, 6.45) is 5.11. The van der Waals surface area contributed by atoms with Crippen molar-refractivity contribution in [1.82, 2.24) is 19.7 Å². The van der Waals surface area contributed by atoms with Crippen LogP contribution in [-0.4, -0.2) is 20.3 Å². The van der Waals surface area contributed by atoms with Crippen LogP contribution in [-0.2, 0) is 24.4 Å². The molecule has 4 rings (SSSR count). The first kappa shape index (κ1) is 24.2. The van der Waals surface area contributed by atoms with E-state index in [1.807, 2.05) is 73.1 Å². The number of rotatable bonds is 8. The number of nitrogens with one attached hydrogen (secondary N) is 1. The van der Waals surface area contributed by atoms with E-state index >= 15 is 0 Å². The largest absolute Gasteiger partial charge is 0.348 e. The lowest BCUT2D eigenvalue weighted by molar-refractivity contribution is -0.116. The van der Waals surface area contributed by atoms with Gasteiger partial charge < -0.3 is 9.88 Å². The number of aryl methyl sites for hydroxylation is 1. The molecule has 0 saturated heterocycles. The molecule has 0 fully saturated rings. The van der Waals surface area contributed by atoms with Crippen LogP contribution in [0.25, 0.3) is 6.08 Å². The highest BCUT2D eigenvalue weighted by Gasteiger charge is 2.11. The van der Waals surface area contributed by atoms with Crippen LogP contribution >= 0.6 is 11.6 Å². The molecule has 2 aromatic carbocycles. The highest BCUT2D eigenvalue weighted by atomic mass is 35.5. The highest BCUT2D eigenvalue weighted by Crippen LogP contribution is 2.20. The van der Waals surface area contributed by atoms with Crippen LogP contribution in [0, 0.1) is 13.8 Å². The molecule has 2 aromatic heterocycles. The molecule has 6 nitrogen and oxygen atoms in total. The van der Waals surface area contributed by atoms with Gasteiger partial charge in [-0.3, -0.25) is 14.3 Å². The van der Waals surface area contributed by atoms with Crippen LogP contribution < -0.4 is 10.9 Å². The molecule has 0 atom stereocenters. The molecule has 35 heavy (non-hydrogen) atoms. The topological polar surface area (TPSA) is 68.9 Å². The highest BCUT2D eigenvalue weighted by molar-refractivity contribution is 6.31. The minimum Gasteiger partial charge on any atom is -0.348 e. The van der Waals surface area contributed by atoms with Crippen LogP contribution in [0.2, 0.25) is 5.02 Å². The van der Waals surface area contributed by atoms with Crippen LogP contribution in [0.5, 0.6) is 0 Å². The normalized spacial score (nSPS) is 11.2. The summed E-state index contributed by atoms with van der Waals surface area (Å²) in [5.74, 6) is -0.178. The lowest BCUT2D eigenvalue weighted by Gasteiger charge is -2.07. The minimum absolute atomic E-state index is 0.0319. The minimum atomic E-state index is -0.178. The molecular formula is C28H27ClN4O2. The van der Waals surface area contributed by atoms with E-state index in [0.717, 1.165) is 33.6 Å². The fraction of sp³-hybridized carbons (Fsp3) is 0.179. The molecule has 4 aromatic rings. The van der Waals surface area contributed by atoms with E-state index in [9.17, 15) is 9.59 Å². The van der Waals surface area contributed by atoms with Crippen molar-refractivity contribution in [2.45, 2.75) is 33.5 Å². The standard InChI is InChI=1S/C28H27ClN4O2/c1-20-25(21(2)33(31-20)19-24-7-3-4-8-26(24)29)14-15-27(34)30-17-22-10-12-23(13-11-22)18-32-16-6-5-9-28(32)35/h3-16H,17-19H2,1-2H3,(H,30,34). The maximum absolute atomic E-state index is 12.4. The summed E-state index contributed by atoms with van der Waals surface area (Å²) in [7, 11) is 0. The summed E-state index contributed by atoms with van der Waals surface area (Å²) in [5, 5.41) is 8.24. The molecule has 1 amide bonds. The number of hydrogen-bond acceptors (Lipinski definition) is 3. The lowest BCUT2D eigenvalue weighted by Crippen LogP contribution is -2.20. The first-order valence-corrected chi connectivity index (χ1v) is 11.7. The molecule has 0 bridgehead atoms. The van der Waals surface area contributed by atoms with Gasteiger partial charge in [-0.2, -0.15) is 5.10 Å². The molecule has 0 unspecified atom stereocenters. The number of nitrogens with zero attached hydrogens (tertiary/aromatic N) is 3. The van der Waals surface area contributed by atoms with Gasteiger partial charge in [-0.25, -0.2) is 0 Å². The molecule has 2 heterocycles. The zero-order valence-corrected chi connectivity index (χ0v) is 20.5. The van der Waals surface area contributed by atoms with Gasteiger partial charge in [-0.15, -0.1) is 0 Å². The van der Waals surface area contributed by atoms with Gasteiger partial charge in [0.25, 0.3) is 5.56 Å². The first-order chi connectivity index (χ1) is 16.9. The molecule has 0 aliphatic rings. The van der Waals surface area contributed by atoms with Gasteiger partial charge >= 0.3 is 0 Å². The number of carbonyl (C=O) groups is 1. The van der Waals surface area contributed by atoms with Crippen molar-refractivity contribution in [1.29, 1.82) is 0 Å². The third-order valence-corrected chi connectivity index (χ3v) is 6.23. The summed E-state index contributed by atoms with van der Waals surface area (Å²) in [6.45, 7) is 5.41. The van der Waals surface area contributed by atoms with Gasteiger partial charge in [0.05, 0.1) is 18.8 Å². The fourth-order valence-corrected chi connectivity index (χ4v) is 4.05. The molecule has 0 aliphatic carbocycles. The maximum Gasteiger partial charge on any atom is 0.250 e. The van der Waals surface area contributed by atoms with Gasteiger partial charge in [0.15, 0.2) is 0 Å². The van der Waals surface area contributed by atoms with E-state index in [2.05, 4.69) is 10.4 Å². The Morgan fingerprint density at radius 3 is 2.43 bits per heavy atom. The van der Waals surface area contributed by atoms with E-state index in [1.165, 1.54) is 6.08 Å². The molecule has 7 heteroatoms. The average Bonchev–Trinajstić information content (AvgIpc) is 3.12. The third kappa shape index (κ3) is 6.16. The maximum atomic E-state index is 12.4. The number of halogens is 1. The van der Waals surface area contributed by atoms with Gasteiger partial charge in [0.2, 0.25) is 5.91 Å². The Morgan fingerprint density at radius 2 is 1.69 bits per heavy atom. The predicted molar refractivity (Wildman–Crippen MR) is 139 cm³/mol. The Kier molecular flexibility index (Phi) is 7.63. The van der Waals surface area contributed by atoms with Crippen LogP contribution in [0.1, 0.15) is 33.6 Å². The van der Waals surface area contributed by atoms with E-state index < -0.39 is 0 Å². The van der Waals surface area contributed by atoms with Crippen molar-refractivity contribution in [2.24, 2.45) is 0 Å². The van der Waals surface area contributed by atoms with Crippen molar-refractivity contribution < 1.29 is 4.79 Å². The Labute approximate surface area is 209 Å². The van der Waals surface area contributed by atoms with Gasteiger partial charge in [-0.05, 0) is 48.7 Å². The fourth-order valence-electron chi connectivity index (χ4n) is 3.85. The Balaban J connectivity index is 1.34. The van der Waals surface area contributed by atoms with Gasteiger partial charge in [-0.1, -0.05) is 60.1 Å². The summed E-state index contributed by atoms with van der Waals surface area (Å²) in [5.41, 5.74) is 5.72. The van der Waals surface area contributed by atoms with E-state index in [4.69, 9.17) is 11.6 Å². The van der Waals surface area contributed by atoms with Crippen LogP contribution in [0.4, 0.5) is 0 Å². The van der Waals surface area contributed by atoms with Crippen molar-refractivity contribution in [3.05, 3.63) is 128 Å². The number of pyridine rings is 1. The summed E-state index contributed by atoms with van der Waals surface area (Å²) in [4.78, 5) is 24.3. The molecule has 0 radical (unpaired) electrons. The Bertz CT molecular complexity index is 1420. The number of aromatic nitrogens is 3. The van der Waals surface area contributed by atoms with Crippen molar-refractivity contribution >= 4 is 23.6 Å². The zero-order chi connectivity index (χ0) is 24.8. The molecular weight excluding hydrogens is 460 g/mol. The van der Waals surface area contributed by atoms with E-state index in [0.29, 0.717) is 24.7 Å². The number of amides is 1. The number of carbonyl (C=O) groups excluding carboxylic acids is 1. The van der Waals surface area contributed by atoms with Crippen molar-refractivity contribution in [3.8, 4) is 0 Å². The average molecular weight is 487 g/mol. The second-order valence-electron chi connectivity index (χ2n) is 8.37. The molecule has 1 N–H and O–H groups in total. The molecule has 0 aliphatic heterocycles. The summed E-state index contributed by atoms with van der Waals surface area (Å²) >= 11 is 6.29. The van der Waals surface area contributed by atoms with E-state index in [-0.39, 0.29) is 11.5 Å². The lowest BCUT2D eigenvalue weighted by atomic mass is 10.1. The predicted octanol–water partition coefficient (Wildman–Crippen LogP) is 4.74. The van der Waals surface area contributed by atoms with Gasteiger partial charge in [0, 0.05) is 41.2 Å². The second kappa shape index (κ2) is 11.0. The second-order valence-corrected chi connectivity index (χ2v) is 8.78.